The summed E-state index contributed by atoms with van der Waals surface area (Å²) in [5, 5.41) is 3.59. The molecule has 1 aliphatic carbocycles. The molecule has 4 nitrogen and oxygen atoms in total. The lowest BCUT2D eigenvalue weighted by molar-refractivity contribution is -0.125. The van der Waals surface area contributed by atoms with Crippen LogP contribution in [0, 0.1) is 11.8 Å². The summed E-state index contributed by atoms with van der Waals surface area (Å²) in [6, 6.07) is 4.67. The lowest BCUT2D eigenvalue weighted by Crippen LogP contribution is -2.45. The molecule has 1 aliphatic rings. The number of carbonyl (C=O) groups is 2. The van der Waals surface area contributed by atoms with Gasteiger partial charge in [0.05, 0.1) is 10.6 Å². The van der Waals surface area contributed by atoms with Crippen LogP contribution in [0.4, 0.5) is 0 Å². The first-order chi connectivity index (χ1) is 10.9. The van der Waals surface area contributed by atoms with Gasteiger partial charge in [0.2, 0.25) is 0 Å². The Balaban J connectivity index is 1.86. The summed E-state index contributed by atoms with van der Waals surface area (Å²) < 4.78 is 5.04. The van der Waals surface area contributed by atoms with Gasteiger partial charge in [-0.1, -0.05) is 49.9 Å². The SMILES string of the molecule is C[C@H]1[C@@H](NC(=O)COC(=O)c2cc(Cl)ccc2Cl)CCC[C@@H]1C. The molecule has 0 aromatic heterocycles. The molecule has 0 bridgehead atoms. The minimum absolute atomic E-state index is 0.139. The van der Waals surface area contributed by atoms with Crippen molar-refractivity contribution in [3.05, 3.63) is 33.8 Å². The Kier molecular flexibility index (Phi) is 6.31. The highest BCUT2D eigenvalue weighted by Crippen LogP contribution is 2.29. The zero-order chi connectivity index (χ0) is 17.0. The van der Waals surface area contributed by atoms with Crippen LogP contribution in [0.5, 0.6) is 0 Å². The van der Waals surface area contributed by atoms with Crippen LogP contribution in [0.1, 0.15) is 43.5 Å². The van der Waals surface area contributed by atoms with Gasteiger partial charge in [0.1, 0.15) is 0 Å². The fraction of sp³-hybridized carbons (Fsp3) is 0.529. The maximum Gasteiger partial charge on any atom is 0.340 e. The molecule has 1 aromatic rings. The van der Waals surface area contributed by atoms with E-state index in [0.717, 1.165) is 12.8 Å². The van der Waals surface area contributed by atoms with E-state index in [9.17, 15) is 9.59 Å². The average Bonchev–Trinajstić information content (AvgIpc) is 2.52. The highest BCUT2D eigenvalue weighted by atomic mass is 35.5. The smallest absolute Gasteiger partial charge is 0.340 e. The minimum atomic E-state index is -0.655. The van der Waals surface area contributed by atoms with E-state index in [1.807, 2.05) is 0 Å². The lowest BCUT2D eigenvalue weighted by atomic mass is 9.78. The maximum atomic E-state index is 12.0. The number of nitrogens with one attached hydrogen (secondary N) is 1. The molecule has 0 radical (unpaired) electrons. The third kappa shape index (κ3) is 4.85. The summed E-state index contributed by atoms with van der Waals surface area (Å²) in [6.07, 6.45) is 3.26. The van der Waals surface area contributed by atoms with Gasteiger partial charge in [0.25, 0.3) is 5.91 Å². The molecule has 3 atom stereocenters. The van der Waals surface area contributed by atoms with Crippen LogP contribution in [0.3, 0.4) is 0 Å². The average molecular weight is 358 g/mol. The van der Waals surface area contributed by atoms with Crippen molar-refractivity contribution in [1.29, 1.82) is 0 Å². The van der Waals surface area contributed by atoms with Gasteiger partial charge >= 0.3 is 5.97 Å². The van der Waals surface area contributed by atoms with Crippen LogP contribution in [0.15, 0.2) is 18.2 Å². The first-order valence-corrected chi connectivity index (χ1v) is 8.55. The molecule has 23 heavy (non-hydrogen) atoms. The molecule has 1 amide bonds. The van der Waals surface area contributed by atoms with Gasteiger partial charge in [-0.25, -0.2) is 4.79 Å². The third-order valence-electron chi connectivity index (χ3n) is 4.54. The molecule has 0 spiro atoms. The van der Waals surface area contributed by atoms with Gasteiger partial charge in [-0.05, 0) is 36.5 Å². The molecule has 6 heteroatoms. The predicted molar refractivity (Wildman–Crippen MR) is 90.9 cm³/mol. The summed E-state index contributed by atoms with van der Waals surface area (Å²) in [4.78, 5) is 24.0. The molecule has 2 rings (SSSR count). The van der Waals surface area contributed by atoms with E-state index >= 15 is 0 Å². The second-order valence-corrected chi connectivity index (χ2v) is 6.99. The Bertz CT molecular complexity index is 591. The standard InChI is InChI=1S/C17H21Cl2NO3/c1-10-4-3-5-15(11(10)2)20-16(21)9-23-17(22)13-8-12(18)6-7-14(13)19/h6-8,10-11,15H,3-5,9H2,1-2H3,(H,20,21)/t10-,11+,15-/m0/s1. The molecule has 126 valence electrons. The quantitative estimate of drug-likeness (QED) is 0.825. The Morgan fingerprint density at radius 1 is 1.26 bits per heavy atom. The van der Waals surface area contributed by atoms with Gasteiger partial charge in [-0.2, -0.15) is 0 Å². The number of rotatable bonds is 4. The van der Waals surface area contributed by atoms with Crippen molar-refractivity contribution in [3.8, 4) is 0 Å². The second-order valence-electron chi connectivity index (χ2n) is 6.14. The Morgan fingerprint density at radius 2 is 2.00 bits per heavy atom. The van der Waals surface area contributed by atoms with E-state index in [1.54, 1.807) is 6.07 Å². The number of hydrogen-bond donors (Lipinski definition) is 1. The van der Waals surface area contributed by atoms with Crippen LogP contribution in [-0.4, -0.2) is 24.5 Å². The largest absolute Gasteiger partial charge is 0.452 e. The lowest BCUT2D eigenvalue weighted by Gasteiger charge is -2.34. The van der Waals surface area contributed by atoms with E-state index in [0.29, 0.717) is 16.9 Å². The fourth-order valence-corrected chi connectivity index (χ4v) is 3.26. The van der Waals surface area contributed by atoms with Crippen molar-refractivity contribution in [1.82, 2.24) is 5.32 Å². The summed E-state index contributed by atoms with van der Waals surface area (Å²) >= 11 is 11.8. The zero-order valence-corrected chi connectivity index (χ0v) is 14.8. The molecular weight excluding hydrogens is 337 g/mol. The molecule has 1 N–H and O–H groups in total. The van der Waals surface area contributed by atoms with Crippen LogP contribution in [0.2, 0.25) is 10.0 Å². The summed E-state index contributed by atoms with van der Waals surface area (Å²) in [5.74, 6) is 0.0628. The number of amides is 1. The van der Waals surface area contributed by atoms with Crippen molar-refractivity contribution < 1.29 is 14.3 Å². The molecular formula is C17H21Cl2NO3. The van der Waals surface area contributed by atoms with Gasteiger partial charge in [0.15, 0.2) is 6.61 Å². The van der Waals surface area contributed by atoms with Crippen molar-refractivity contribution in [3.63, 3.8) is 0 Å². The summed E-state index contributed by atoms with van der Waals surface area (Å²) in [7, 11) is 0. The van der Waals surface area contributed by atoms with Gasteiger partial charge in [-0.3, -0.25) is 4.79 Å². The fourth-order valence-electron chi connectivity index (χ4n) is 2.90. The van der Waals surface area contributed by atoms with Crippen LogP contribution < -0.4 is 5.32 Å². The van der Waals surface area contributed by atoms with E-state index in [-0.39, 0.29) is 29.1 Å². The molecule has 1 aromatic carbocycles. The van der Waals surface area contributed by atoms with Crippen LogP contribution >= 0.6 is 23.2 Å². The Morgan fingerprint density at radius 3 is 2.74 bits per heavy atom. The maximum absolute atomic E-state index is 12.0. The van der Waals surface area contributed by atoms with E-state index in [4.69, 9.17) is 27.9 Å². The van der Waals surface area contributed by atoms with Gasteiger partial charge in [-0.15, -0.1) is 0 Å². The highest BCUT2D eigenvalue weighted by Gasteiger charge is 2.28. The molecule has 0 unspecified atom stereocenters. The second kappa shape index (κ2) is 8.02. The molecule has 1 fully saturated rings. The normalized spacial score (nSPS) is 24.1. The van der Waals surface area contributed by atoms with Crippen LogP contribution in [-0.2, 0) is 9.53 Å². The first kappa shape index (κ1) is 18.1. The highest BCUT2D eigenvalue weighted by molar-refractivity contribution is 6.35. The van der Waals surface area contributed by atoms with E-state index in [1.165, 1.54) is 18.6 Å². The van der Waals surface area contributed by atoms with Crippen molar-refractivity contribution in [2.24, 2.45) is 11.8 Å². The number of halogens is 2. The van der Waals surface area contributed by atoms with Gasteiger partial charge < -0.3 is 10.1 Å². The van der Waals surface area contributed by atoms with Crippen molar-refractivity contribution in [2.75, 3.05) is 6.61 Å². The molecule has 1 saturated carbocycles. The Hall–Kier alpha value is -1.26. The number of carbonyl (C=O) groups excluding carboxylic acids is 2. The number of esters is 1. The van der Waals surface area contributed by atoms with Crippen molar-refractivity contribution >= 4 is 35.1 Å². The van der Waals surface area contributed by atoms with E-state index in [2.05, 4.69) is 19.2 Å². The molecule has 0 heterocycles. The molecule has 0 saturated heterocycles. The van der Waals surface area contributed by atoms with Gasteiger partial charge in [0, 0.05) is 11.1 Å². The number of benzene rings is 1. The monoisotopic (exact) mass is 357 g/mol. The topological polar surface area (TPSA) is 55.4 Å². The number of ether oxygens (including phenoxy) is 1. The Labute approximate surface area is 146 Å². The van der Waals surface area contributed by atoms with Crippen molar-refractivity contribution in [2.45, 2.75) is 39.2 Å². The third-order valence-corrected chi connectivity index (χ3v) is 5.10. The molecule has 0 aliphatic heterocycles. The predicted octanol–water partition coefficient (Wildman–Crippen LogP) is 4.09. The van der Waals surface area contributed by atoms with E-state index < -0.39 is 5.97 Å². The first-order valence-electron chi connectivity index (χ1n) is 7.80. The van der Waals surface area contributed by atoms with Crippen LogP contribution in [0.25, 0.3) is 0 Å². The zero-order valence-electron chi connectivity index (χ0n) is 13.3. The minimum Gasteiger partial charge on any atom is -0.452 e. The summed E-state index contributed by atoms with van der Waals surface area (Å²) in [5.41, 5.74) is 0.159. The summed E-state index contributed by atoms with van der Waals surface area (Å²) in [6.45, 7) is 4.02. The number of hydrogen-bond acceptors (Lipinski definition) is 3.